The minimum atomic E-state index is -0.184. The summed E-state index contributed by atoms with van der Waals surface area (Å²) in [6, 6.07) is 8.05. The van der Waals surface area contributed by atoms with E-state index in [2.05, 4.69) is 17.6 Å². The molecule has 4 heteroatoms. The molecule has 1 amide bonds. The third kappa shape index (κ3) is 4.73. The van der Waals surface area contributed by atoms with Crippen molar-refractivity contribution in [1.29, 1.82) is 0 Å². The third-order valence-electron chi connectivity index (χ3n) is 4.60. The van der Waals surface area contributed by atoms with Gasteiger partial charge in [-0.3, -0.25) is 4.79 Å². The van der Waals surface area contributed by atoms with Crippen molar-refractivity contribution in [2.75, 3.05) is 7.11 Å². The van der Waals surface area contributed by atoms with Crippen LogP contribution in [0.25, 0.3) is 0 Å². The van der Waals surface area contributed by atoms with Gasteiger partial charge in [-0.15, -0.1) is 0 Å². The monoisotopic (exact) mass is 304 g/mol. The molecule has 0 aliphatic heterocycles. The number of methoxy groups -OCH3 is 1. The number of ether oxygens (including phenoxy) is 1. The van der Waals surface area contributed by atoms with E-state index in [-0.39, 0.29) is 11.9 Å². The van der Waals surface area contributed by atoms with Gasteiger partial charge in [-0.25, -0.2) is 0 Å². The predicted molar refractivity (Wildman–Crippen MR) is 88.9 cm³/mol. The molecule has 0 unspecified atom stereocenters. The molecule has 0 saturated heterocycles. The molecule has 0 spiro atoms. The van der Waals surface area contributed by atoms with Gasteiger partial charge in [0.05, 0.1) is 13.2 Å². The van der Waals surface area contributed by atoms with Crippen LogP contribution in [-0.2, 0) is 11.3 Å². The van der Waals surface area contributed by atoms with E-state index in [0.717, 1.165) is 17.7 Å². The van der Waals surface area contributed by atoms with E-state index in [1.54, 1.807) is 7.11 Å². The average Bonchev–Trinajstić information content (AvgIpc) is 2.55. The Balaban J connectivity index is 1.77. The number of amides is 1. The molecule has 0 heterocycles. The summed E-state index contributed by atoms with van der Waals surface area (Å²) in [5, 5.41) is 6.49. The van der Waals surface area contributed by atoms with Crippen LogP contribution in [0.4, 0.5) is 0 Å². The summed E-state index contributed by atoms with van der Waals surface area (Å²) in [5.41, 5.74) is 1.14. The van der Waals surface area contributed by atoms with E-state index < -0.39 is 0 Å². The second kappa shape index (κ2) is 8.18. The Kier molecular flexibility index (Phi) is 6.25. The van der Waals surface area contributed by atoms with E-state index in [1.165, 1.54) is 19.3 Å². The van der Waals surface area contributed by atoms with Crippen LogP contribution < -0.4 is 15.4 Å². The molecular weight excluding hydrogens is 276 g/mol. The lowest BCUT2D eigenvalue weighted by atomic mass is 9.86. The van der Waals surface area contributed by atoms with Crippen LogP contribution in [0.15, 0.2) is 24.3 Å². The second-order valence-electron chi connectivity index (χ2n) is 6.33. The Morgan fingerprint density at radius 3 is 2.59 bits per heavy atom. The fraction of sp³-hybridized carbons (Fsp3) is 0.611. The summed E-state index contributed by atoms with van der Waals surface area (Å²) in [6.07, 6.45) is 4.85. The van der Waals surface area contributed by atoms with Crippen LogP contribution in [-0.4, -0.2) is 25.1 Å². The van der Waals surface area contributed by atoms with Crippen LogP contribution in [0.5, 0.6) is 5.75 Å². The van der Waals surface area contributed by atoms with Gasteiger partial charge in [0.1, 0.15) is 5.75 Å². The van der Waals surface area contributed by atoms with Crippen molar-refractivity contribution in [2.45, 2.75) is 58.2 Å². The maximum absolute atomic E-state index is 12.3. The zero-order chi connectivity index (χ0) is 15.9. The number of nitrogens with one attached hydrogen (secondary N) is 2. The van der Waals surface area contributed by atoms with Gasteiger partial charge in [-0.05, 0) is 43.4 Å². The van der Waals surface area contributed by atoms with Crippen molar-refractivity contribution in [1.82, 2.24) is 10.6 Å². The summed E-state index contributed by atoms with van der Waals surface area (Å²) in [5.74, 6) is 1.54. The lowest BCUT2D eigenvalue weighted by Crippen LogP contribution is -2.48. The minimum Gasteiger partial charge on any atom is -0.497 e. The zero-order valence-electron chi connectivity index (χ0n) is 13.9. The molecule has 2 rings (SSSR count). The van der Waals surface area contributed by atoms with Crippen molar-refractivity contribution in [3.8, 4) is 5.75 Å². The molecule has 1 aliphatic rings. The molecule has 1 fully saturated rings. The minimum absolute atomic E-state index is 0.104. The number of carbonyl (C=O) groups excluding carboxylic acids is 1. The van der Waals surface area contributed by atoms with Crippen LogP contribution in [0.1, 0.15) is 45.1 Å². The standard InChI is InChI=1S/C18H28N2O2/c1-13-6-4-5-7-17(13)20-18(21)14(2)19-12-15-8-10-16(22-3)11-9-15/h8-11,13-14,17,19H,4-7,12H2,1-3H3,(H,20,21)/t13-,14-,17+/m1/s1. The average molecular weight is 304 g/mol. The lowest BCUT2D eigenvalue weighted by Gasteiger charge is -2.30. The van der Waals surface area contributed by atoms with E-state index in [1.807, 2.05) is 31.2 Å². The Morgan fingerprint density at radius 2 is 1.95 bits per heavy atom. The fourth-order valence-electron chi connectivity index (χ4n) is 2.95. The highest BCUT2D eigenvalue weighted by Gasteiger charge is 2.24. The van der Waals surface area contributed by atoms with Crippen molar-refractivity contribution < 1.29 is 9.53 Å². The quantitative estimate of drug-likeness (QED) is 0.849. The maximum atomic E-state index is 12.3. The van der Waals surface area contributed by atoms with Crippen molar-refractivity contribution in [3.63, 3.8) is 0 Å². The number of hydrogen-bond acceptors (Lipinski definition) is 3. The Hall–Kier alpha value is -1.55. The molecule has 1 aliphatic carbocycles. The molecule has 1 aromatic rings. The van der Waals surface area contributed by atoms with Gasteiger partial charge in [0, 0.05) is 12.6 Å². The van der Waals surface area contributed by atoms with E-state index in [9.17, 15) is 4.79 Å². The molecule has 1 aromatic carbocycles. The van der Waals surface area contributed by atoms with Crippen molar-refractivity contribution in [2.24, 2.45) is 5.92 Å². The molecule has 0 aromatic heterocycles. The van der Waals surface area contributed by atoms with Gasteiger partial charge in [0.2, 0.25) is 5.91 Å². The van der Waals surface area contributed by atoms with Crippen LogP contribution in [0.3, 0.4) is 0 Å². The maximum Gasteiger partial charge on any atom is 0.237 e. The van der Waals surface area contributed by atoms with Gasteiger partial charge < -0.3 is 15.4 Å². The molecular formula is C18H28N2O2. The van der Waals surface area contributed by atoms with Gasteiger partial charge >= 0.3 is 0 Å². The first-order valence-corrected chi connectivity index (χ1v) is 8.27. The Labute approximate surface area is 133 Å². The molecule has 0 radical (unpaired) electrons. The highest BCUT2D eigenvalue weighted by atomic mass is 16.5. The van der Waals surface area contributed by atoms with E-state index >= 15 is 0 Å². The number of hydrogen-bond donors (Lipinski definition) is 2. The van der Waals surface area contributed by atoms with Crippen molar-refractivity contribution in [3.05, 3.63) is 29.8 Å². The van der Waals surface area contributed by atoms with E-state index in [0.29, 0.717) is 18.5 Å². The molecule has 0 bridgehead atoms. The smallest absolute Gasteiger partial charge is 0.237 e. The number of rotatable bonds is 6. The molecule has 4 nitrogen and oxygen atoms in total. The topological polar surface area (TPSA) is 50.4 Å². The molecule has 2 N–H and O–H groups in total. The normalized spacial score (nSPS) is 22.9. The number of benzene rings is 1. The number of carbonyl (C=O) groups is 1. The van der Waals surface area contributed by atoms with Crippen molar-refractivity contribution >= 4 is 5.91 Å². The van der Waals surface area contributed by atoms with Gasteiger partial charge in [0.25, 0.3) is 0 Å². The van der Waals surface area contributed by atoms with Gasteiger partial charge in [0.15, 0.2) is 0 Å². The van der Waals surface area contributed by atoms with Crippen LogP contribution in [0.2, 0.25) is 0 Å². The first-order chi connectivity index (χ1) is 10.6. The first-order valence-electron chi connectivity index (χ1n) is 8.27. The Morgan fingerprint density at radius 1 is 1.27 bits per heavy atom. The highest BCUT2D eigenvalue weighted by Crippen LogP contribution is 2.23. The largest absolute Gasteiger partial charge is 0.497 e. The summed E-state index contributed by atoms with van der Waals surface area (Å²) >= 11 is 0. The predicted octanol–water partition coefficient (Wildman–Crippen LogP) is 2.87. The summed E-state index contributed by atoms with van der Waals surface area (Å²) < 4.78 is 5.14. The van der Waals surface area contributed by atoms with Crippen LogP contribution in [0, 0.1) is 5.92 Å². The fourth-order valence-corrected chi connectivity index (χ4v) is 2.95. The second-order valence-corrected chi connectivity index (χ2v) is 6.33. The van der Waals surface area contributed by atoms with E-state index in [4.69, 9.17) is 4.74 Å². The molecule has 1 saturated carbocycles. The Bertz CT molecular complexity index is 472. The summed E-state index contributed by atoms with van der Waals surface area (Å²) in [6.45, 7) is 4.84. The molecule has 3 atom stereocenters. The molecule has 22 heavy (non-hydrogen) atoms. The lowest BCUT2D eigenvalue weighted by molar-refractivity contribution is -0.124. The molecule has 122 valence electrons. The van der Waals surface area contributed by atoms with Crippen LogP contribution >= 0.6 is 0 Å². The first kappa shape index (κ1) is 16.8. The van der Waals surface area contributed by atoms with Gasteiger partial charge in [-0.1, -0.05) is 31.9 Å². The summed E-state index contributed by atoms with van der Waals surface area (Å²) in [7, 11) is 1.66. The van der Waals surface area contributed by atoms with Gasteiger partial charge in [-0.2, -0.15) is 0 Å². The SMILES string of the molecule is COc1ccc(CN[C@H](C)C(=O)N[C@H]2CCCC[C@H]2C)cc1. The zero-order valence-corrected chi connectivity index (χ0v) is 13.9. The highest BCUT2D eigenvalue weighted by molar-refractivity contribution is 5.81. The summed E-state index contributed by atoms with van der Waals surface area (Å²) in [4.78, 5) is 12.3. The third-order valence-corrected chi connectivity index (χ3v) is 4.60.